The first-order valence-electron chi connectivity index (χ1n) is 3.20. The van der Waals surface area contributed by atoms with E-state index in [0.29, 0.717) is 5.69 Å². The van der Waals surface area contributed by atoms with Crippen LogP contribution < -0.4 is 15.8 Å². The molecule has 1 aromatic rings. The quantitative estimate of drug-likeness (QED) is 0.335. The third-order valence-corrected chi connectivity index (χ3v) is 1.60. The number of benzene rings is 1. The fourth-order valence-corrected chi connectivity index (χ4v) is 1.03. The molecule has 0 spiro atoms. The third-order valence-electron chi connectivity index (χ3n) is 1.22. The van der Waals surface area contributed by atoms with Gasteiger partial charge in [-0.1, -0.05) is 18.2 Å². The van der Waals surface area contributed by atoms with Crippen LogP contribution in [0, 0.1) is 0 Å². The van der Waals surface area contributed by atoms with Gasteiger partial charge in [-0.3, -0.25) is 0 Å². The number of nitrogens with two attached hydrogens (primary N) is 1. The molecular weight excluding hydrogens is 178 g/mol. The van der Waals surface area contributed by atoms with Crippen molar-refractivity contribution in [1.29, 1.82) is 0 Å². The molecule has 3 N–H and O–H groups in total. The highest BCUT2D eigenvalue weighted by atomic mass is 32.2. The Morgan fingerprint density at radius 2 is 1.83 bits per heavy atom. The second-order valence-corrected chi connectivity index (χ2v) is 2.78. The molecule has 0 unspecified atom stereocenters. The van der Waals surface area contributed by atoms with Gasteiger partial charge in [0.2, 0.25) is 10.9 Å². The van der Waals surface area contributed by atoms with Crippen LogP contribution in [0.3, 0.4) is 0 Å². The highest BCUT2D eigenvalue weighted by Gasteiger charge is 1.97. The van der Waals surface area contributed by atoms with Gasteiger partial charge in [-0.15, -0.1) is 4.83 Å². The highest BCUT2D eigenvalue weighted by Crippen LogP contribution is 2.06. The van der Waals surface area contributed by atoms with Gasteiger partial charge in [-0.2, -0.15) is 0 Å². The average Bonchev–Trinajstić information content (AvgIpc) is 2.05. The third kappa shape index (κ3) is 2.50. The lowest BCUT2D eigenvalue weighted by Crippen LogP contribution is -2.42. The zero-order valence-electron chi connectivity index (χ0n) is 6.18. The van der Waals surface area contributed by atoms with Crippen LogP contribution in [0.5, 0.6) is 0 Å². The van der Waals surface area contributed by atoms with Gasteiger partial charge in [0.25, 0.3) is 0 Å². The predicted molar refractivity (Wildman–Crippen MR) is 46.6 cm³/mol. The van der Waals surface area contributed by atoms with E-state index in [4.69, 9.17) is 5.84 Å². The average molecular weight is 187 g/mol. The van der Waals surface area contributed by atoms with Gasteiger partial charge in [0.05, 0.1) is 5.69 Å². The molecule has 0 aromatic heterocycles. The summed E-state index contributed by atoms with van der Waals surface area (Å²) in [6.45, 7) is 0. The molecule has 0 saturated heterocycles. The minimum atomic E-state index is -2.71. The lowest BCUT2D eigenvalue weighted by Gasteiger charge is -2.14. The Kier molecular flexibility index (Phi) is 3.03. The molecular formula is C6H9N3O2S. The molecule has 6 heteroatoms. The van der Waals surface area contributed by atoms with Crippen LogP contribution in [0.15, 0.2) is 30.3 Å². The van der Waals surface area contributed by atoms with E-state index >= 15 is 0 Å². The Balaban J connectivity index is 2.71. The van der Waals surface area contributed by atoms with Crippen LogP contribution in [-0.4, -0.2) is 8.42 Å². The Hall–Kier alpha value is -1.11. The number of hydrogen-bond acceptors (Lipinski definition) is 4. The molecule has 0 aliphatic carbocycles. The van der Waals surface area contributed by atoms with E-state index in [1.54, 1.807) is 24.3 Å². The number of nitrogens with one attached hydrogen (secondary N) is 1. The number of anilines is 1. The van der Waals surface area contributed by atoms with Crippen molar-refractivity contribution in [3.63, 3.8) is 0 Å². The van der Waals surface area contributed by atoms with Crippen molar-refractivity contribution in [2.75, 3.05) is 5.12 Å². The molecule has 0 amide bonds. The Morgan fingerprint density at radius 3 is 2.33 bits per heavy atom. The molecule has 0 bridgehead atoms. The topological polar surface area (TPSA) is 75.4 Å². The molecule has 0 heterocycles. The van der Waals surface area contributed by atoms with Crippen molar-refractivity contribution in [2.24, 2.45) is 5.84 Å². The standard InChI is InChI=1S/C6H9N3O2S/c7-9(8-12(10)11)6-4-2-1-3-5-6/h1-5,12H,7H2,(H,8,10,11). The van der Waals surface area contributed by atoms with Crippen molar-refractivity contribution >= 4 is 16.6 Å². The van der Waals surface area contributed by atoms with Gasteiger partial charge < -0.3 is 0 Å². The maximum atomic E-state index is 10.2. The van der Waals surface area contributed by atoms with Gasteiger partial charge in [0, 0.05) is 0 Å². The van der Waals surface area contributed by atoms with E-state index in [9.17, 15) is 8.42 Å². The summed E-state index contributed by atoms with van der Waals surface area (Å²) in [7, 11) is -2.71. The number of nitrogens with zero attached hydrogens (tertiary/aromatic N) is 1. The molecule has 0 saturated carbocycles. The minimum absolute atomic E-state index is 0.580. The van der Waals surface area contributed by atoms with E-state index in [-0.39, 0.29) is 0 Å². The normalized spacial score (nSPS) is 10.2. The maximum Gasteiger partial charge on any atom is 0.219 e. The van der Waals surface area contributed by atoms with Gasteiger partial charge >= 0.3 is 0 Å². The summed E-state index contributed by atoms with van der Waals surface area (Å²) in [5.41, 5.74) is 0.580. The zero-order valence-corrected chi connectivity index (χ0v) is 7.07. The molecule has 12 heavy (non-hydrogen) atoms. The molecule has 5 nitrogen and oxygen atoms in total. The van der Waals surface area contributed by atoms with E-state index in [1.165, 1.54) is 0 Å². The van der Waals surface area contributed by atoms with Gasteiger partial charge in [0.15, 0.2) is 0 Å². The fraction of sp³-hybridized carbons (Fsp3) is 0. The summed E-state index contributed by atoms with van der Waals surface area (Å²) in [6.07, 6.45) is 0. The molecule has 1 rings (SSSR count). The second kappa shape index (κ2) is 4.05. The maximum absolute atomic E-state index is 10.2. The number of hydrazine groups is 2. The van der Waals surface area contributed by atoms with Crippen LogP contribution in [0.25, 0.3) is 0 Å². The monoisotopic (exact) mass is 187 g/mol. The fourth-order valence-electron chi connectivity index (χ4n) is 0.734. The molecule has 0 aliphatic heterocycles. The van der Waals surface area contributed by atoms with E-state index in [0.717, 1.165) is 5.12 Å². The molecule has 1 aromatic carbocycles. The zero-order chi connectivity index (χ0) is 8.97. The molecule has 66 valence electrons. The first kappa shape index (κ1) is 8.98. The van der Waals surface area contributed by atoms with Gasteiger partial charge in [-0.25, -0.2) is 19.4 Å². The summed E-state index contributed by atoms with van der Waals surface area (Å²) in [6, 6.07) is 8.70. The van der Waals surface area contributed by atoms with E-state index < -0.39 is 10.9 Å². The summed E-state index contributed by atoms with van der Waals surface area (Å²) in [4.78, 5) is 2.02. The second-order valence-electron chi connectivity index (χ2n) is 2.06. The Morgan fingerprint density at radius 1 is 1.25 bits per heavy atom. The molecule has 0 radical (unpaired) electrons. The van der Waals surface area contributed by atoms with Gasteiger partial charge in [0.1, 0.15) is 0 Å². The lowest BCUT2D eigenvalue weighted by molar-refractivity contribution is 0.597. The van der Waals surface area contributed by atoms with E-state index in [1.807, 2.05) is 10.9 Å². The SMILES string of the molecule is NN(N[SH](=O)=O)c1ccccc1. The minimum Gasteiger partial charge on any atom is -0.232 e. The predicted octanol–water partition coefficient (Wildman–Crippen LogP) is -0.602. The van der Waals surface area contributed by atoms with Crippen LogP contribution in [0.2, 0.25) is 0 Å². The van der Waals surface area contributed by atoms with Crippen LogP contribution in [0.1, 0.15) is 0 Å². The highest BCUT2D eigenvalue weighted by molar-refractivity contribution is 7.70. The van der Waals surface area contributed by atoms with Crippen LogP contribution >= 0.6 is 0 Å². The summed E-state index contributed by atoms with van der Waals surface area (Å²) in [5, 5.41) is 0.936. The molecule has 0 aliphatic rings. The van der Waals surface area contributed by atoms with Gasteiger partial charge in [-0.05, 0) is 12.1 Å². The first-order chi connectivity index (χ1) is 5.70. The van der Waals surface area contributed by atoms with Crippen LogP contribution in [-0.2, 0) is 10.9 Å². The summed E-state index contributed by atoms with van der Waals surface area (Å²) < 4.78 is 20.4. The van der Waals surface area contributed by atoms with Crippen LogP contribution in [0.4, 0.5) is 5.69 Å². The Bertz CT molecular complexity index is 304. The van der Waals surface area contributed by atoms with Crippen molar-refractivity contribution in [2.45, 2.75) is 0 Å². The number of para-hydroxylation sites is 1. The van der Waals surface area contributed by atoms with Crippen molar-refractivity contribution in [3.8, 4) is 0 Å². The number of rotatable bonds is 3. The Labute approximate surface area is 71.8 Å². The molecule has 0 fully saturated rings. The summed E-state index contributed by atoms with van der Waals surface area (Å²) in [5.74, 6) is 5.33. The van der Waals surface area contributed by atoms with E-state index in [2.05, 4.69) is 0 Å². The van der Waals surface area contributed by atoms with Crippen molar-refractivity contribution in [1.82, 2.24) is 4.83 Å². The largest absolute Gasteiger partial charge is 0.232 e. The molecule has 0 atom stereocenters. The number of hydrogen-bond donors (Lipinski definition) is 3. The first-order valence-corrected chi connectivity index (χ1v) is 4.38. The van der Waals surface area contributed by atoms with Crippen molar-refractivity contribution in [3.05, 3.63) is 30.3 Å². The number of thiol groups is 1. The lowest BCUT2D eigenvalue weighted by atomic mass is 10.3. The van der Waals surface area contributed by atoms with Crippen molar-refractivity contribution < 1.29 is 8.42 Å². The summed E-state index contributed by atoms with van der Waals surface area (Å²) >= 11 is 0. The smallest absolute Gasteiger partial charge is 0.219 e.